The molecule has 0 radical (unpaired) electrons. The van der Waals surface area contributed by atoms with Crippen LogP contribution in [0.5, 0.6) is 11.5 Å². The molecule has 0 atom stereocenters. The molecule has 0 aliphatic carbocycles. The summed E-state index contributed by atoms with van der Waals surface area (Å²) in [5.41, 5.74) is 3.97. The first-order valence-corrected chi connectivity index (χ1v) is 10.8. The third kappa shape index (κ3) is 5.04. The highest BCUT2D eigenvalue weighted by Gasteiger charge is 2.14. The van der Waals surface area contributed by atoms with E-state index in [0.717, 1.165) is 34.1 Å². The van der Waals surface area contributed by atoms with Gasteiger partial charge >= 0.3 is 0 Å². The number of hydrogen-bond donors (Lipinski definition) is 0. The Morgan fingerprint density at radius 2 is 1.94 bits per heavy atom. The van der Waals surface area contributed by atoms with Gasteiger partial charge in [0.25, 0.3) is 0 Å². The number of methoxy groups -OCH3 is 1. The Labute approximate surface area is 189 Å². The lowest BCUT2D eigenvalue weighted by Crippen LogP contribution is -2.28. The van der Waals surface area contributed by atoms with Crippen molar-refractivity contribution in [2.75, 3.05) is 20.3 Å². The molecule has 0 aliphatic heterocycles. The highest BCUT2D eigenvalue weighted by molar-refractivity contribution is 5.92. The van der Waals surface area contributed by atoms with Gasteiger partial charge in [0.15, 0.2) is 17.3 Å². The van der Waals surface area contributed by atoms with Crippen molar-refractivity contribution in [1.29, 1.82) is 0 Å². The number of rotatable bonds is 9. The Hall–Kier alpha value is -3.48. The second kappa shape index (κ2) is 10.2. The lowest BCUT2D eigenvalue weighted by atomic mass is 10.1. The normalized spacial score (nSPS) is 11.2. The predicted octanol–water partition coefficient (Wildman–Crippen LogP) is 4.86. The van der Waals surface area contributed by atoms with Gasteiger partial charge in [-0.25, -0.2) is 0 Å². The van der Waals surface area contributed by atoms with Crippen LogP contribution < -0.4 is 9.47 Å². The topological polar surface area (TPSA) is 69.7 Å². The van der Waals surface area contributed by atoms with Crippen LogP contribution in [0, 0.1) is 20.8 Å². The highest BCUT2D eigenvalue weighted by Crippen LogP contribution is 2.28. The third-order valence-corrected chi connectivity index (χ3v) is 5.32. The molecule has 0 spiro atoms. The molecule has 0 unspecified atom stereocenters. The van der Waals surface area contributed by atoms with E-state index in [9.17, 15) is 4.79 Å². The lowest BCUT2D eigenvalue weighted by molar-refractivity contribution is -0.126. The van der Waals surface area contributed by atoms with E-state index < -0.39 is 0 Å². The minimum Gasteiger partial charge on any atom is -0.493 e. The summed E-state index contributed by atoms with van der Waals surface area (Å²) in [5, 5.41) is 4.11. The Kier molecular flexibility index (Phi) is 7.41. The molecule has 170 valence electrons. The van der Waals surface area contributed by atoms with Crippen LogP contribution >= 0.6 is 0 Å². The molecule has 2 aromatic heterocycles. The number of nitrogens with zero attached hydrogens (tertiary/aromatic N) is 3. The van der Waals surface area contributed by atoms with Crippen LogP contribution in [0.25, 0.3) is 11.9 Å². The van der Waals surface area contributed by atoms with E-state index in [0.29, 0.717) is 31.2 Å². The smallest absolute Gasteiger partial charge is 0.246 e. The average Bonchev–Trinajstić information content (AvgIpc) is 3.32. The van der Waals surface area contributed by atoms with E-state index in [1.807, 2.05) is 75.6 Å². The molecule has 0 bridgehead atoms. The molecule has 32 heavy (non-hydrogen) atoms. The number of carbonyl (C=O) groups excluding carboxylic acids is 1. The average molecular weight is 438 g/mol. The number of aryl methyl sites for hydroxylation is 2. The zero-order valence-corrected chi connectivity index (χ0v) is 19.6. The summed E-state index contributed by atoms with van der Waals surface area (Å²) >= 11 is 0. The second-order valence-corrected chi connectivity index (χ2v) is 7.56. The van der Waals surface area contributed by atoms with Gasteiger partial charge in [0.05, 0.1) is 13.7 Å². The third-order valence-electron chi connectivity index (χ3n) is 5.32. The number of benzene rings is 1. The van der Waals surface area contributed by atoms with E-state index >= 15 is 0 Å². The second-order valence-electron chi connectivity index (χ2n) is 7.56. The first-order chi connectivity index (χ1) is 15.4. The molecule has 1 aromatic carbocycles. The molecule has 1 amide bonds. The first kappa shape index (κ1) is 23.2. The fourth-order valence-corrected chi connectivity index (χ4v) is 3.69. The number of carbonyl (C=O) groups is 1. The van der Waals surface area contributed by atoms with Crippen molar-refractivity contribution in [1.82, 2.24) is 14.6 Å². The van der Waals surface area contributed by atoms with Crippen LogP contribution in [0.1, 0.15) is 42.1 Å². The predicted molar refractivity (Wildman–Crippen MR) is 124 cm³/mol. The van der Waals surface area contributed by atoms with Gasteiger partial charge in [-0.3, -0.25) is 9.36 Å². The van der Waals surface area contributed by atoms with Crippen LogP contribution in [0.15, 0.2) is 40.9 Å². The Morgan fingerprint density at radius 1 is 1.16 bits per heavy atom. The molecule has 3 aromatic rings. The summed E-state index contributed by atoms with van der Waals surface area (Å²) in [5.74, 6) is 2.81. The van der Waals surface area contributed by atoms with E-state index in [2.05, 4.69) is 5.16 Å². The van der Waals surface area contributed by atoms with Crippen molar-refractivity contribution >= 4 is 12.0 Å². The Bertz CT molecular complexity index is 1110. The van der Waals surface area contributed by atoms with Gasteiger partial charge in [-0.05, 0) is 70.0 Å². The molecule has 7 nitrogen and oxygen atoms in total. The first-order valence-electron chi connectivity index (χ1n) is 10.8. The van der Waals surface area contributed by atoms with Gasteiger partial charge < -0.3 is 18.9 Å². The van der Waals surface area contributed by atoms with E-state index in [1.54, 1.807) is 18.1 Å². The standard InChI is InChI=1S/C25H31N3O4/c1-7-27(16-20-9-11-22(31-8-2)23(15-20)30-6)25(29)12-10-21-13-17(3)28(19(21)5)24-14-18(4)32-26-24/h9-15H,7-8,16H2,1-6H3/b12-10+. The van der Waals surface area contributed by atoms with Crippen molar-refractivity contribution in [2.24, 2.45) is 0 Å². The van der Waals surface area contributed by atoms with Gasteiger partial charge in [-0.1, -0.05) is 11.2 Å². The molecule has 0 saturated heterocycles. The number of likely N-dealkylation sites (N-methyl/N-ethyl adjacent to an activating group) is 1. The number of ether oxygens (including phenoxy) is 2. The maximum Gasteiger partial charge on any atom is 0.246 e. The van der Waals surface area contributed by atoms with Crippen molar-refractivity contribution in [2.45, 2.75) is 41.2 Å². The molecule has 7 heteroatoms. The van der Waals surface area contributed by atoms with Crippen molar-refractivity contribution in [3.63, 3.8) is 0 Å². The quantitative estimate of drug-likeness (QED) is 0.447. The Morgan fingerprint density at radius 3 is 2.56 bits per heavy atom. The monoisotopic (exact) mass is 437 g/mol. The van der Waals surface area contributed by atoms with E-state index in [4.69, 9.17) is 14.0 Å². The SMILES string of the molecule is CCOc1ccc(CN(CC)C(=O)/C=C/c2cc(C)n(-c3cc(C)on3)c2C)cc1OC. The van der Waals surface area contributed by atoms with Crippen LogP contribution in [-0.2, 0) is 11.3 Å². The minimum absolute atomic E-state index is 0.0533. The van der Waals surface area contributed by atoms with Gasteiger partial charge in [0, 0.05) is 36.6 Å². The number of hydrogen-bond acceptors (Lipinski definition) is 5. The van der Waals surface area contributed by atoms with Crippen LogP contribution in [0.4, 0.5) is 0 Å². The maximum absolute atomic E-state index is 12.9. The maximum atomic E-state index is 12.9. The fourth-order valence-electron chi connectivity index (χ4n) is 3.69. The van der Waals surface area contributed by atoms with Gasteiger partial charge in [-0.2, -0.15) is 0 Å². The summed E-state index contributed by atoms with van der Waals surface area (Å²) in [4.78, 5) is 14.7. The van der Waals surface area contributed by atoms with Crippen LogP contribution in [0.3, 0.4) is 0 Å². The highest BCUT2D eigenvalue weighted by atomic mass is 16.5. The Balaban J connectivity index is 1.76. The van der Waals surface area contributed by atoms with Crippen molar-refractivity contribution in [3.8, 4) is 17.3 Å². The molecule has 0 aliphatic rings. The van der Waals surface area contributed by atoms with Gasteiger partial charge in [0.2, 0.25) is 5.91 Å². The summed E-state index contributed by atoms with van der Waals surface area (Å²) in [6.07, 6.45) is 3.48. The zero-order valence-electron chi connectivity index (χ0n) is 19.6. The molecule has 0 saturated carbocycles. The molecule has 2 heterocycles. The van der Waals surface area contributed by atoms with Gasteiger partial charge in [-0.15, -0.1) is 0 Å². The van der Waals surface area contributed by atoms with Crippen molar-refractivity contribution in [3.05, 3.63) is 64.7 Å². The zero-order chi connectivity index (χ0) is 23.3. The van der Waals surface area contributed by atoms with Crippen LogP contribution in [0.2, 0.25) is 0 Å². The molecular weight excluding hydrogens is 406 g/mol. The summed E-state index contributed by atoms with van der Waals surface area (Å²) in [7, 11) is 1.62. The summed E-state index contributed by atoms with van der Waals surface area (Å²) in [6.45, 7) is 11.4. The number of amides is 1. The van der Waals surface area contributed by atoms with Crippen LogP contribution in [-0.4, -0.2) is 40.8 Å². The number of aromatic nitrogens is 2. The van der Waals surface area contributed by atoms with Crippen molar-refractivity contribution < 1.29 is 18.8 Å². The molecule has 3 rings (SSSR count). The summed E-state index contributed by atoms with van der Waals surface area (Å²) in [6, 6.07) is 9.68. The largest absolute Gasteiger partial charge is 0.493 e. The lowest BCUT2D eigenvalue weighted by Gasteiger charge is -2.20. The fraction of sp³-hybridized carbons (Fsp3) is 0.360. The summed E-state index contributed by atoms with van der Waals surface area (Å²) < 4.78 is 18.2. The van der Waals surface area contributed by atoms with E-state index in [-0.39, 0.29) is 5.91 Å². The molecule has 0 fully saturated rings. The van der Waals surface area contributed by atoms with Gasteiger partial charge in [0.1, 0.15) is 5.76 Å². The molecule has 0 N–H and O–H groups in total. The minimum atomic E-state index is -0.0533. The van der Waals surface area contributed by atoms with E-state index in [1.165, 1.54) is 0 Å². The molecular formula is C25H31N3O4.